The molecule has 2 N–H and O–H groups in total. The molecule has 0 aromatic heterocycles. The molecule has 0 heterocycles. The van der Waals surface area contributed by atoms with Gasteiger partial charge in [0.1, 0.15) is 11.5 Å². The van der Waals surface area contributed by atoms with Crippen LogP contribution in [0.15, 0.2) is 36.4 Å². The molecule has 6 nitrogen and oxygen atoms in total. The van der Waals surface area contributed by atoms with Gasteiger partial charge in [0.2, 0.25) is 5.91 Å². The SMILES string of the molecule is COc1cc(OC)cc(C(=O)NCC(=O)Nc2ccc(C)c(C)c2)c1. The number of methoxy groups -OCH3 is 2. The summed E-state index contributed by atoms with van der Waals surface area (Å²) in [6.45, 7) is 3.85. The molecule has 2 amide bonds. The number of hydrogen-bond acceptors (Lipinski definition) is 4. The molecule has 0 fully saturated rings. The molecule has 0 saturated carbocycles. The van der Waals surface area contributed by atoms with E-state index in [9.17, 15) is 9.59 Å². The van der Waals surface area contributed by atoms with Crippen molar-refractivity contribution in [2.24, 2.45) is 0 Å². The van der Waals surface area contributed by atoms with E-state index in [1.54, 1.807) is 18.2 Å². The predicted molar refractivity (Wildman–Crippen MR) is 96.4 cm³/mol. The van der Waals surface area contributed by atoms with Gasteiger partial charge >= 0.3 is 0 Å². The van der Waals surface area contributed by atoms with E-state index in [1.165, 1.54) is 14.2 Å². The normalized spacial score (nSPS) is 10.1. The second-order valence-electron chi connectivity index (χ2n) is 5.63. The highest BCUT2D eigenvalue weighted by Crippen LogP contribution is 2.22. The minimum absolute atomic E-state index is 0.134. The molecule has 0 atom stereocenters. The van der Waals surface area contributed by atoms with Gasteiger partial charge in [-0.15, -0.1) is 0 Å². The smallest absolute Gasteiger partial charge is 0.251 e. The van der Waals surface area contributed by atoms with Crippen LogP contribution in [0.1, 0.15) is 21.5 Å². The highest BCUT2D eigenvalue weighted by molar-refractivity contribution is 5.99. The molecule has 0 unspecified atom stereocenters. The molecule has 25 heavy (non-hydrogen) atoms. The van der Waals surface area contributed by atoms with Crippen molar-refractivity contribution in [3.05, 3.63) is 53.1 Å². The van der Waals surface area contributed by atoms with Gasteiger partial charge in [0.15, 0.2) is 0 Å². The second kappa shape index (κ2) is 8.19. The number of amides is 2. The maximum Gasteiger partial charge on any atom is 0.251 e. The molecule has 0 saturated heterocycles. The van der Waals surface area contributed by atoms with Crippen molar-refractivity contribution in [3.63, 3.8) is 0 Å². The highest BCUT2D eigenvalue weighted by Gasteiger charge is 2.11. The van der Waals surface area contributed by atoms with E-state index in [0.717, 1.165) is 11.1 Å². The lowest BCUT2D eigenvalue weighted by molar-refractivity contribution is -0.115. The quantitative estimate of drug-likeness (QED) is 0.846. The van der Waals surface area contributed by atoms with Crippen LogP contribution < -0.4 is 20.1 Å². The molecular weight excluding hydrogens is 320 g/mol. The second-order valence-corrected chi connectivity index (χ2v) is 5.63. The number of carbonyl (C=O) groups excluding carboxylic acids is 2. The van der Waals surface area contributed by atoms with Crippen LogP contribution in [0.4, 0.5) is 5.69 Å². The first-order valence-electron chi connectivity index (χ1n) is 7.81. The van der Waals surface area contributed by atoms with Crippen molar-refractivity contribution in [1.82, 2.24) is 5.32 Å². The zero-order valence-corrected chi connectivity index (χ0v) is 14.8. The summed E-state index contributed by atoms with van der Waals surface area (Å²) in [5, 5.41) is 5.34. The number of benzene rings is 2. The number of anilines is 1. The minimum atomic E-state index is -0.382. The van der Waals surface area contributed by atoms with E-state index in [-0.39, 0.29) is 18.4 Å². The summed E-state index contributed by atoms with van der Waals surface area (Å²) in [6, 6.07) is 10.5. The number of rotatable bonds is 6. The number of carbonyl (C=O) groups is 2. The third-order valence-electron chi connectivity index (χ3n) is 3.81. The molecule has 132 valence electrons. The number of nitrogens with one attached hydrogen (secondary N) is 2. The molecule has 0 spiro atoms. The van der Waals surface area contributed by atoms with Gasteiger partial charge in [0, 0.05) is 17.3 Å². The third kappa shape index (κ3) is 4.97. The van der Waals surface area contributed by atoms with Crippen LogP contribution in [0.3, 0.4) is 0 Å². The lowest BCUT2D eigenvalue weighted by atomic mass is 10.1. The summed E-state index contributed by atoms with van der Waals surface area (Å²) in [7, 11) is 3.01. The average molecular weight is 342 g/mol. The van der Waals surface area contributed by atoms with Gasteiger partial charge in [0.05, 0.1) is 20.8 Å². The summed E-state index contributed by atoms with van der Waals surface area (Å²) in [4.78, 5) is 24.2. The zero-order chi connectivity index (χ0) is 18.4. The van der Waals surface area contributed by atoms with Gasteiger partial charge in [-0.25, -0.2) is 0 Å². The summed E-state index contributed by atoms with van der Waals surface area (Å²) in [5.74, 6) is 0.326. The van der Waals surface area contributed by atoms with Crippen LogP contribution in [0.5, 0.6) is 11.5 Å². The van der Waals surface area contributed by atoms with Crippen LogP contribution >= 0.6 is 0 Å². The Kier molecular flexibility index (Phi) is 6.00. The lowest BCUT2D eigenvalue weighted by Gasteiger charge is -2.10. The molecule has 0 bridgehead atoms. The van der Waals surface area contributed by atoms with E-state index in [2.05, 4.69) is 10.6 Å². The van der Waals surface area contributed by atoms with Gasteiger partial charge in [-0.1, -0.05) is 6.07 Å². The Balaban J connectivity index is 1.97. The summed E-state index contributed by atoms with van der Waals surface area (Å²) >= 11 is 0. The first-order chi connectivity index (χ1) is 11.9. The molecular formula is C19H22N2O4. The van der Waals surface area contributed by atoms with Crippen LogP contribution in [0.25, 0.3) is 0 Å². The Morgan fingerprint density at radius 1 is 0.920 bits per heavy atom. The fourth-order valence-corrected chi connectivity index (χ4v) is 2.23. The summed E-state index contributed by atoms with van der Waals surface area (Å²) in [5.41, 5.74) is 3.30. The maximum absolute atomic E-state index is 12.2. The van der Waals surface area contributed by atoms with E-state index in [4.69, 9.17) is 9.47 Å². The monoisotopic (exact) mass is 342 g/mol. The van der Waals surface area contributed by atoms with Crippen molar-refractivity contribution in [1.29, 1.82) is 0 Å². The van der Waals surface area contributed by atoms with Gasteiger partial charge in [-0.2, -0.15) is 0 Å². The zero-order valence-electron chi connectivity index (χ0n) is 14.8. The molecule has 2 rings (SSSR count). The van der Waals surface area contributed by atoms with Gasteiger partial charge < -0.3 is 20.1 Å². The van der Waals surface area contributed by atoms with Crippen molar-refractivity contribution in [2.75, 3.05) is 26.1 Å². The van der Waals surface area contributed by atoms with Crippen LogP contribution in [0.2, 0.25) is 0 Å². The molecule has 0 aliphatic rings. The van der Waals surface area contributed by atoms with Crippen LogP contribution in [-0.2, 0) is 4.79 Å². The van der Waals surface area contributed by atoms with Crippen LogP contribution in [-0.4, -0.2) is 32.6 Å². The average Bonchev–Trinajstić information content (AvgIpc) is 2.62. The van der Waals surface area contributed by atoms with Gasteiger partial charge in [-0.05, 0) is 49.2 Å². The van der Waals surface area contributed by atoms with Gasteiger partial charge in [0.25, 0.3) is 5.91 Å². The Morgan fingerprint density at radius 3 is 2.12 bits per heavy atom. The van der Waals surface area contributed by atoms with Crippen molar-refractivity contribution in [3.8, 4) is 11.5 Å². The maximum atomic E-state index is 12.2. The van der Waals surface area contributed by atoms with E-state index < -0.39 is 0 Å². The Bertz CT molecular complexity index is 765. The van der Waals surface area contributed by atoms with E-state index in [0.29, 0.717) is 22.7 Å². The topological polar surface area (TPSA) is 76.7 Å². The minimum Gasteiger partial charge on any atom is -0.497 e. The summed E-state index contributed by atoms with van der Waals surface area (Å²) < 4.78 is 10.3. The number of aryl methyl sites for hydroxylation is 2. The molecule has 0 aliphatic heterocycles. The molecule has 0 radical (unpaired) electrons. The number of hydrogen-bond donors (Lipinski definition) is 2. The largest absolute Gasteiger partial charge is 0.497 e. The third-order valence-corrected chi connectivity index (χ3v) is 3.81. The van der Waals surface area contributed by atoms with Gasteiger partial charge in [-0.3, -0.25) is 9.59 Å². The summed E-state index contributed by atoms with van der Waals surface area (Å²) in [6.07, 6.45) is 0. The van der Waals surface area contributed by atoms with E-state index >= 15 is 0 Å². The molecule has 0 aliphatic carbocycles. The first-order valence-corrected chi connectivity index (χ1v) is 7.81. The van der Waals surface area contributed by atoms with E-state index in [1.807, 2.05) is 32.0 Å². The first kappa shape index (κ1) is 18.3. The fourth-order valence-electron chi connectivity index (χ4n) is 2.23. The Morgan fingerprint density at radius 2 is 1.56 bits per heavy atom. The van der Waals surface area contributed by atoms with Crippen molar-refractivity contribution < 1.29 is 19.1 Å². The Hall–Kier alpha value is -3.02. The number of ether oxygens (including phenoxy) is 2. The molecule has 2 aromatic carbocycles. The molecule has 6 heteroatoms. The highest BCUT2D eigenvalue weighted by atomic mass is 16.5. The standard InChI is InChI=1S/C19H22N2O4/c1-12-5-6-15(7-13(12)2)21-18(22)11-20-19(23)14-8-16(24-3)10-17(9-14)25-4/h5-10H,11H2,1-4H3,(H,20,23)(H,21,22). The predicted octanol–water partition coefficient (Wildman–Crippen LogP) is 2.69. The lowest BCUT2D eigenvalue weighted by Crippen LogP contribution is -2.32. The van der Waals surface area contributed by atoms with Crippen molar-refractivity contribution >= 4 is 17.5 Å². The Labute approximate surface area is 147 Å². The fraction of sp³-hybridized carbons (Fsp3) is 0.263. The van der Waals surface area contributed by atoms with Crippen LogP contribution in [0, 0.1) is 13.8 Å². The van der Waals surface area contributed by atoms with Crippen molar-refractivity contribution in [2.45, 2.75) is 13.8 Å². The molecule has 2 aromatic rings.